The first-order valence-electron chi connectivity index (χ1n) is 10.9. The summed E-state index contributed by atoms with van der Waals surface area (Å²) >= 11 is 0. The summed E-state index contributed by atoms with van der Waals surface area (Å²) in [6, 6.07) is 8.37. The lowest BCUT2D eigenvalue weighted by Gasteiger charge is -2.25. The zero-order chi connectivity index (χ0) is 23.4. The second-order valence-electron chi connectivity index (χ2n) is 8.61. The molecule has 4 atom stereocenters. The van der Waals surface area contributed by atoms with Gasteiger partial charge in [0.2, 0.25) is 0 Å². The first kappa shape index (κ1) is 23.6. The van der Waals surface area contributed by atoms with Crippen molar-refractivity contribution in [1.82, 2.24) is 25.2 Å². The van der Waals surface area contributed by atoms with E-state index in [9.17, 15) is 23.4 Å². The number of benzene rings is 1. The molecule has 2 heterocycles. The maximum atomic E-state index is 12.2. The highest BCUT2D eigenvalue weighted by Gasteiger charge is 2.42. The van der Waals surface area contributed by atoms with E-state index in [-0.39, 0.29) is 29.9 Å². The molecule has 1 aromatic carbocycles. The number of aliphatic hydroxyl groups is 2. The summed E-state index contributed by atoms with van der Waals surface area (Å²) in [4.78, 5) is 14.2. The van der Waals surface area contributed by atoms with Crippen LogP contribution in [0.1, 0.15) is 12.1 Å². The summed E-state index contributed by atoms with van der Waals surface area (Å²) < 4.78 is 30.2. The fraction of sp³-hybridized carbons (Fsp3) is 0.571. The summed E-state index contributed by atoms with van der Waals surface area (Å²) in [5.41, 5.74) is 0.713. The van der Waals surface area contributed by atoms with Crippen LogP contribution in [-0.4, -0.2) is 93.9 Å². The predicted molar refractivity (Wildman–Crippen MR) is 118 cm³/mol. The third kappa shape index (κ3) is 6.28. The van der Waals surface area contributed by atoms with Crippen LogP contribution in [-0.2, 0) is 27.7 Å². The molecule has 11 nitrogen and oxygen atoms in total. The molecular formula is C21H29N5O6S. The zero-order valence-corrected chi connectivity index (χ0v) is 19.0. The number of ether oxygens (including phenoxy) is 1. The number of rotatable bonds is 8. The van der Waals surface area contributed by atoms with Crippen molar-refractivity contribution in [3.05, 3.63) is 42.2 Å². The highest BCUT2D eigenvalue weighted by atomic mass is 32.2. The molecule has 0 radical (unpaired) electrons. The molecule has 1 saturated heterocycles. The number of nitrogens with zero attached hydrogens (tertiary/aromatic N) is 4. The van der Waals surface area contributed by atoms with E-state index in [0.29, 0.717) is 44.0 Å². The minimum absolute atomic E-state index is 0.150. The first-order valence-corrected chi connectivity index (χ1v) is 12.8. The van der Waals surface area contributed by atoms with Crippen molar-refractivity contribution in [2.45, 2.75) is 37.8 Å². The van der Waals surface area contributed by atoms with E-state index in [1.807, 2.05) is 11.0 Å². The molecule has 2 aliphatic rings. The number of aromatic nitrogens is 3. The van der Waals surface area contributed by atoms with Crippen LogP contribution in [0.5, 0.6) is 5.75 Å². The van der Waals surface area contributed by atoms with Crippen molar-refractivity contribution < 1.29 is 28.2 Å². The number of aliphatic hydroxyl groups excluding tert-OH is 2. The summed E-state index contributed by atoms with van der Waals surface area (Å²) in [5, 5.41) is 31.8. The van der Waals surface area contributed by atoms with Crippen LogP contribution in [0.25, 0.3) is 0 Å². The highest BCUT2D eigenvalue weighted by Crippen LogP contribution is 2.28. The molecule has 1 amide bonds. The fourth-order valence-electron chi connectivity index (χ4n) is 4.24. The third-order valence-corrected chi connectivity index (χ3v) is 7.70. The average Bonchev–Trinajstić information content (AvgIpc) is 3.34. The second-order valence-corrected chi connectivity index (χ2v) is 10.9. The molecule has 2 fully saturated rings. The number of sulfone groups is 1. The number of carbonyl (C=O) groups excluding carboxylic acids is 1. The molecule has 1 aliphatic heterocycles. The molecule has 12 heteroatoms. The smallest absolute Gasteiger partial charge is 0.258 e. The molecule has 2 aromatic rings. The molecule has 1 saturated carbocycles. The lowest BCUT2D eigenvalue weighted by atomic mass is 10.1. The van der Waals surface area contributed by atoms with Gasteiger partial charge >= 0.3 is 0 Å². The Bertz CT molecular complexity index is 1030. The van der Waals surface area contributed by atoms with Crippen LogP contribution >= 0.6 is 0 Å². The molecule has 0 bridgehead atoms. The molecular weight excluding hydrogens is 450 g/mol. The van der Waals surface area contributed by atoms with E-state index in [0.717, 1.165) is 0 Å². The normalized spacial score (nSPS) is 27.3. The lowest BCUT2D eigenvalue weighted by Crippen LogP contribution is -2.44. The van der Waals surface area contributed by atoms with Crippen LogP contribution in [0.2, 0.25) is 0 Å². The number of nitrogens with one attached hydrogen (secondary N) is 1. The molecule has 33 heavy (non-hydrogen) atoms. The monoisotopic (exact) mass is 479 g/mol. The third-order valence-electron chi connectivity index (χ3n) is 6.09. The quantitative estimate of drug-likeness (QED) is 0.425. The Hall–Kier alpha value is -2.54. The van der Waals surface area contributed by atoms with E-state index in [1.165, 1.54) is 0 Å². The largest absolute Gasteiger partial charge is 0.484 e. The van der Waals surface area contributed by atoms with Gasteiger partial charge in [0.05, 0.1) is 29.3 Å². The van der Waals surface area contributed by atoms with Gasteiger partial charge < -0.3 is 20.3 Å². The van der Waals surface area contributed by atoms with Gasteiger partial charge in [0.1, 0.15) is 11.9 Å². The summed E-state index contributed by atoms with van der Waals surface area (Å²) in [7, 11) is -2.93. The Kier molecular flexibility index (Phi) is 7.27. The SMILES string of the molecule is O=C(COc1ccccc1)NC1CC(Cn2cc(CN3CCS(=O)(=O)CC3)nn2)C(O)C1O. The van der Waals surface area contributed by atoms with Gasteiger partial charge in [-0.3, -0.25) is 14.4 Å². The molecule has 4 unspecified atom stereocenters. The molecule has 180 valence electrons. The van der Waals surface area contributed by atoms with Gasteiger partial charge in [-0.05, 0) is 18.6 Å². The van der Waals surface area contributed by atoms with Crippen molar-refractivity contribution in [1.29, 1.82) is 0 Å². The zero-order valence-electron chi connectivity index (χ0n) is 18.2. The second kappa shape index (κ2) is 10.2. The predicted octanol–water partition coefficient (Wildman–Crippen LogP) is -1.19. The van der Waals surface area contributed by atoms with Crippen LogP contribution in [0, 0.1) is 5.92 Å². The van der Waals surface area contributed by atoms with Crippen molar-refractivity contribution in [3.63, 3.8) is 0 Å². The maximum Gasteiger partial charge on any atom is 0.258 e. The van der Waals surface area contributed by atoms with Gasteiger partial charge in [-0.15, -0.1) is 5.10 Å². The Morgan fingerprint density at radius 3 is 2.61 bits per heavy atom. The standard InChI is InChI=1S/C21H29N5O6S/c27-19(14-32-17-4-2-1-3-5-17)22-18-10-15(20(28)21(18)29)11-26-13-16(23-24-26)12-25-6-8-33(30,31)9-7-25/h1-5,13,15,18,20-21,28-29H,6-12,14H2,(H,22,27). The van der Waals surface area contributed by atoms with Gasteiger partial charge in [-0.25, -0.2) is 8.42 Å². The van der Waals surface area contributed by atoms with Crippen LogP contribution in [0.3, 0.4) is 0 Å². The van der Waals surface area contributed by atoms with Gasteiger partial charge in [0.25, 0.3) is 5.91 Å². The molecule has 1 aromatic heterocycles. The summed E-state index contributed by atoms with van der Waals surface area (Å²) in [6.07, 6.45) is 0.0553. The van der Waals surface area contributed by atoms with E-state index in [4.69, 9.17) is 4.74 Å². The van der Waals surface area contributed by atoms with Gasteiger partial charge in [0.15, 0.2) is 16.4 Å². The maximum absolute atomic E-state index is 12.2. The van der Waals surface area contributed by atoms with Crippen LogP contribution in [0.15, 0.2) is 36.5 Å². The van der Waals surface area contributed by atoms with Crippen molar-refractivity contribution in [3.8, 4) is 5.75 Å². The average molecular weight is 480 g/mol. The van der Waals surface area contributed by atoms with Crippen LogP contribution in [0.4, 0.5) is 0 Å². The minimum Gasteiger partial charge on any atom is -0.484 e. The molecule has 4 rings (SSSR count). The van der Waals surface area contributed by atoms with Crippen molar-refractivity contribution in [2.24, 2.45) is 5.92 Å². The lowest BCUT2D eigenvalue weighted by molar-refractivity contribution is -0.124. The van der Waals surface area contributed by atoms with Gasteiger partial charge in [0, 0.05) is 38.3 Å². The number of hydrogen-bond donors (Lipinski definition) is 3. The number of carbonyl (C=O) groups is 1. The van der Waals surface area contributed by atoms with E-state index < -0.39 is 28.1 Å². The van der Waals surface area contributed by atoms with Crippen molar-refractivity contribution >= 4 is 15.7 Å². The number of para-hydroxylation sites is 1. The van der Waals surface area contributed by atoms with Crippen LogP contribution < -0.4 is 10.1 Å². The molecule has 0 spiro atoms. The van der Waals surface area contributed by atoms with E-state index in [2.05, 4.69) is 15.6 Å². The number of hydrogen-bond acceptors (Lipinski definition) is 9. The molecule has 1 aliphatic carbocycles. The molecule has 3 N–H and O–H groups in total. The topological polar surface area (TPSA) is 147 Å². The Labute approximate surface area is 192 Å². The minimum atomic E-state index is -2.93. The summed E-state index contributed by atoms with van der Waals surface area (Å²) in [5.74, 6) is 0.191. The van der Waals surface area contributed by atoms with E-state index >= 15 is 0 Å². The Balaban J connectivity index is 1.25. The van der Waals surface area contributed by atoms with E-state index in [1.54, 1.807) is 35.1 Å². The summed E-state index contributed by atoms with van der Waals surface area (Å²) in [6.45, 7) is 1.60. The van der Waals surface area contributed by atoms with Crippen molar-refractivity contribution in [2.75, 3.05) is 31.2 Å². The van der Waals surface area contributed by atoms with Gasteiger partial charge in [-0.1, -0.05) is 23.4 Å². The Morgan fingerprint density at radius 1 is 1.15 bits per heavy atom. The fourth-order valence-corrected chi connectivity index (χ4v) is 5.52. The van der Waals surface area contributed by atoms with Gasteiger partial charge in [-0.2, -0.15) is 0 Å². The number of amides is 1. The Morgan fingerprint density at radius 2 is 1.88 bits per heavy atom. The first-order chi connectivity index (χ1) is 15.8. The highest BCUT2D eigenvalue weighted by molar-refractivity contribution is 7.91.